The number of carbonyl (C=O) groups excluding carboxylic acids is 1. The molecule has 0 saturated carbocycles. The van der Waals surface area contributed by atoms with E-state index >= 15 is 0 Å². The van der Waals surface area contributed by atoms with Gasteiger partial charge < -0.3 is 15.4 Å². The number of halogens is 1. The van der Waals surface area contributed by atoms with E-state index in [1.54, 1.807) is 0 Å². The van der Waals surface area contributed by atoms with E-state index in [0.29, 0.717) is 10.7 Å². The zero-order valence-corrected chi connectivity index (χ0v) is 14.6. The molecule has 3 N–H and O–H groups in total. The molecule has 0 aliphatic heterocycles. The Kier molecular flexibility index (Phi) is 6.32. The third kappa shape index (κ3) is 4.91. The first-order valence-electron chi connectivity index (χ1n) is 7.62. The number of nitrogens with two attached hydrogens (primary N) is 1. The summed E-state index contributed by atoms with van der Waals surface area (Å²) >= 11 is 6.15. The smallest absolute Gasteiger partial charge is 0.279 e. The molecular weight excluding hydrogens is 346 g/mol. The molecule has 7 nitrogen and oxygen atoms in total. The lowest BCUT2D eigenvalue weighted by Crippen LogP contribution is -2.86. The molecular formula is C17H19ClN3O4+. The molecule has 0 aliphatic rings. The van der Waals surface area contributed by atoms with Crippen molar-refractivity contribution >= 4 is 28.9 Å². The highest BCUT2D eigenvalue weighted by molar-refractivity contribution is 6.31. The van der Waals surface area contributed by atoms with Crippen molar-refractivity contribution in [2.24, 2.45) is 0 Å². The van der Waals surface area contributed by atoms with E-state index in [2.05, 4.69) is 5.32 Å². The van der Waals surface area contributed by atoms with Gasteiger partial charge in [-0.1, -0.05) is 29.8 Å². The summed E-state index contributed by atoms with van der Waals surface area (Å²) in [5.74, 6) is -0.00670. The molecule has 0 radical (unpaired) electrons. The number of nitro groups is 1. The van der Waals surface area contributed by atoms with E-state index in [1.165, 1.54) is 25.3 Å². The van der Waals surface area contributed by atoms with Crippen LogP contribution in [0.25, 0.3) is 0 Å². The van der Waals surface area contributed by atoms with Gasteiger partial charge >= 0.3 is 0 Å². The minimum atomic E-state index is -0.521. The van der Waals surface area contributed by atoms with Gasteiger partial charge in [0.05, 0.1) is 23.8 Å². The summed E-state index contributed by atoms with van der Waals surface area (Å²) in [6, 6.07) is 11.5. The Morgan fingerprint density at radius 3 is 2.72 bits per heavy atom. The van der Waals surface area contributed by atoms with Crippen LogP contribution >= 0.6 is 11.6 Å². The standard InChI is InChI=1S/C17H18ClN3O4/c1-11(13-5-3-4-6-14(13)18)19-10-17(22)20-15-8-7-12(21(23)24)9-16(15)25-2/h3-9,11,19H,10H2,1-2H3,(H,20,22)/p+1/t11-/m0/s1. The number of nitrogens with one attached hydrogen (secondary N) is 1. The summed E-state index contributed by atoms with van der Waals surface area (Å²) in [4.78, 5) is 22.4. The number of benzene rings is 2. The Hall–Kier alpha value is -2.64. The Labute approximate surface area is 150 Å². The maximum Gasteiger partial charge on any atom is 0.279 e. The first kappa shape index (κ1) is 18.7. The maximum atomic E-state index is 12.2. The maximum absolute atomic E-state index is 12.2. The van der Waals surface area contributed by atoms with Crippen LogP contribution in [-0.4, -0.2) is 24.5 Å². The fourth-order valence-corrected chi connectivity index (χ4v) is 2.66. The van der Waals surface area contributed by atoms with Gasteiger partial charge in [-0.15, -0.1) is 0 Å². The lowest BCUT2D eigenvalue weighted by Gasteiger charge is -2.13. The predicted octanol–water partition coefficient (Wildman–Crippen LogP) is 2.52. The number of ether oxygens (including phenoxy) is 1. The summed E-state index contributed by atoms with van der Waals surface area (Å²) in [5.41, 5.74) is 1.23. The van der Waals surface area contributed by atoms with Crippen LogP contribution in [0.4, 0.5) is 11.4 Å². The number of methoxy groups -OCH3 is 1. The van der Waals surface area contributed by atoms with Crippen molar-refractivity contribution in [3.05, 3.63) is 63.2 Å². The average molecular weight is 365 g/mol. The SMILES string of the molecule is COc1cc([N+](=O)[O-])ccc1NC(=O)C[NH2+][C@@H](C)c1ccccc1Cl. The lowest BCUT2D eigenvalue weighted by molar-refractivity contribution is -0.682. The summed E-state index contributed by atoms with van der Waals surface area (Å²) < 4.78 is 5.10. The first-order chi connectivity index (χ1) is 11.9. The van der Waals surface area contributed by atoms with Gasteiger partial charge in [-0.05, 0) is 19.1 Å². The van der Waals surface area contributed by atoms with Crippen molar-refractivity contribution in [3.63, 3.8) is 0 Å². The number of carbonyl (C=O) groups is 1. The van der Waals surface area contributed by atoms with Crippen LogP contribution in [0.15, 0.2) is 42.5 Å². The molecule has 0 saturated heterocycles. The van der Waals surface area contributed by atoms with Crippen molar-refractivity contribution < 1.29 is 19.8 Å². The highest BCUT2D eigenvalue weighted by Crippen LogP contribution is 2.28. The highest BCUT2D eigenvalue weighted by atomic mass is 35.5. The molecule has 0 unspecified atom stereocenters. The molecule has 2 aromatic rings. The fourth-order valence-electron chi connectivity index (χ4n) is 2.35. The molecule has 1 atom stereocenters. The average Bonchev–Trinajstić information content (AvgIpc) is 2.60. The summed E-state index contributed by atoms with van der Waals surface area (Å²) in [6.45, 7) is 2.13. The Balaban J connectivity index is 1.98. The lowest BCUT2D eigenvalue weighted by atomic mass is 10.1. The van der Waals surface area contributed by atoms with Gasteiger partial charge in [0.25, 0.3) is 11.6 Å². The number of nitrogens with zero attached hydrogens (tertiary/aromatic N) is 1. The Morgan fingerprint density at radius 2 is 2.08 bits per heavy atom. The largest absolute Gasteiger partial charge is 0.494 e. The van der Waals surface area contributed by atoms with Gasteiger partial charge in [-0.2, -0.15) is 0 Å². The fraction of sp³-hybridized carbons (Fsp3) is 0.235. The molecule has 132 valence electrons. The van der Waals surface area contributed by atoms with E-state index in [-0.39, 0.29) is 29.9 Å². The monoisotopic (exact) mass is 364 g/mol. The van der Waals surface area contributed by atoms with Crippen molar-refractivity contribution in [2.45, 2.75) is 13.0 Å². The molecule has 0 aliphatic carbocycles. The second-order valence-corrected chi connectivity index (χ2v) is 5.85. The van der Waals surface area contributed by atoms with Crippen LogP contribution in [0.1, 0.15) is 18.5 Å². The van der Waals surface area contributed by atoms with Gasteiger partial charge in [0.15, 0.2) is 6.54 Å². The molecule has 0 heterocycles. The third-order valence-corrected chi connectivity index (χ3v) is 4.07. The number of hydrogen-bond donors (Lipinski definition) is 2. The second-order valence-electron chi connectivity index (χ2n) is 5.44. The zero-order valence-electron chi connectivity index (χ0n) is 13.9. The summed E-state index contributed by atoms with van der Waals surface area (Å²) in [6.07, 6.45) is 0. The normalized spacial score (nSPS) is 11.6. The minimum Gasteiger partial charge on any atom is -0.494 e. The number of hydrogen-bond acceptors (Lipinski definition) is 4. The molecule has 2 aromatic carbocycles. The summed E-state index contributed by atoms with van der Waals surface area (Å²) in [7, 11) is 1.39. The van der Waals surface area contributed by atoms with Crippen molar-refractivity contribution in [1.82, 2.24) is 0 Å². The Morgan fingerprint density at radius 1 is 1.36 bits per heavy atom. The zero-order chi connectivity index (χ0) is 18.4. The first-order valence-corrected chi connectivity index (χ1v) is 8.00. The van der Waals surface area contributed by atoms with Crippen molar-refractivity contribution in [1.29, 1.82) is 0 Å². The van der Waals surface area contributed by atoms with E-state index < -0.39 is 4.92 Å². The van der Waals surface area contributed by atoms with Crippen LogP contribution in [0.2, 0.25) is 5.02 Å². The molecule has 0 spiro atoms. The topological polar surface area (TPSA) is 98.1 Å². The predicted molar refractivity (Wildman–Crippen MR) is 94.9 cm³/mol. The van der Waals surface area contributed by atoms with Crippen LogP contribution in [0.3, 0.4) is 0 Å². The van der Waals surface area contributed by atoms with E-state index in [4.69, 9.17) is 16.3 Å². The van der Waals surface area contributed by atoms with Crippen molar-refractivity contribution in [2.75, 3.05) is 19.0 Å². The molecule has 0 bridgehead atoms. The number of nitro benzene ring substituents is 1. The van der Waals surface area contributed by atoms with Gasteiger partial charge in [-0.3, -0.25) is 14.9 Å². The second kappa shape index (κ2) is 8.46. The number of amides is 1. The van der Waals surface area contributed by atoms with E-state index in [1.807, 2.05) is 36.5 Å². The minimum absolute atomic E-state index is 0.0122. The van der Waals surface area contributed by atoms with Crippen LogP contribution in [-0.2, 0) is 4.79 Å². The molecule has 1 amide bonds. The third-order valence-electron chi connectivity index (χ3n) is 3.72. The molecule has 8 heteroatoms. The summed E-state index contributed by atoms with van der Waals surface area (Å²) in [5, 5.41) is 16.0. The van der Waals surface area contributed by atoms with Crippen molar-refractivity contribution in [3.8, 4) is 5.75 Å². The van der Waals surface area contributed by atoms with Gasteiger partial charge in [0, 0.05) is 16.7 Å². The van der Waals surface area contributed by atoms with E-state index in [9.17, 15) is 14.9 Å². The highest BCUT2D eigenvalue weighted by Gasteiger charge is 2.16. The van der Waals surface area contributed by atoms with Gasteiger partial charge in [0.2, 0.25) is 0 Å². The van der Waals surface area contributed by atoms with Crippen LogP contribution in [0, 0.1) is 10.1 Å². The number of rotatable bonds is 7. The molecule has 0 aromatic heterocycles. The molecule has 25 heavy (non-hydrogen) atoms. The molecule has 2 rings (SSSR count). The van der Waals surface area contributed by atoms with E-state index in [0.717, 1.165) is 5.56 Å². The number of anilines is 1. The van der Waals surface area contributed by atoms with Crippen LogP contribution < -0.4 is 15.4 Å². The quantitative estimate of drug-likeness (QED) is 0.582. The number of quaternary nitrogens is 1. The number of non-ortho nitro benzene ring substituents is 1. The van der Waals surface area contributed by atoms with Crippen LogP contribution in [0.5, 0.6) is 5.75 Å². The van der Waals surface area contributed by atoms with Gasteiger partial charge in [-0.25, -0.2) is 0 Å². The van der Waals surface area contributed by atoms with Gasteiger partial charge in [0.1, 0.15) is 11.8 Å². The Bertz CT molecular complexity index is 782. The molecule has 0 fully saturated rings.